The average Bonchev–Trinajstić information content (AvgIpc) is 2.92. The Bertz CT molecular complexity index is 1270. The lowest BCUT2D eigenvalue weighted by molar-refractivity contribution is 0.0746. The van der Waals surface area contributed by atoms with E-state index in [0.29, 0.717) is 36.9 Å². The first-order valence-corrected chi connectivity index (χ1v) is 13.3. The zero-order valence-corrected chi connectivity index (χ0v) is 22.9. The fraction of sp³-hybridized carbons (Fsp3) is 0.300. The lowest BCUT2D eigenvalue weighted by Gasteiger charge is -2.36. The second-order valence-electron chi connectivity index (χ2n) is 9.83. The van der Waals surface area contributed by atoms with Gasteiger partial charge in [0.2, 0.25) is 0 Å². The molecule has 198 valence electrons. The molecular weight excluding hydrogens is 496 g/mol. The summed E-state index contributed by atoms with van der Waals surface area (Å²) in [5.74, 6) is 0.830. The summed E-state index contributed by atoms with van der Waals surface area (Å²) in [7, 11) is 0. The molecule has 3 aromatic rings. The lowest BCUT2D eigenvalue weighted by Crippen LogP contribution is -2.48. The number of amides is 2. The topological polar surface area (TPSA) is 73.9 Å². The number of hydrogen-bond acceptors (Lipinski definition) is 5. The van der Waals surface area contributed by atoms with Crippen LogP contribution in [-0.2, 0) is 0 Å². The molecule has 38 heavy (non-hydrogen) atoms. The van der Waals surface area contributed by atoms with Gasteiger partial charge in [0.15, 0.2) is 5.11 Å². The highest BCUT2D eigenvalue weighted by Gasteiger charge is 2.22. The first kappa shape index (κ1) is 27.1. The van der Waals surface area contributed by atoms with Crippen LogP contribution in [0.5, 0.6) is 5.75 Å². The van der Waals surface area contributed by atoms with Gasteiger partial charge >= 0.3 is 0 Å². The van der Waals surface area contributed by atoms with Gasteiger partial charge in [0.25, 0.3) is 11.8 Å². The van der Waals surface area contributed by atoms with Crippen LogP contribution in [0.3, 0.4) is 0 Å². The Kier molecular flexibility index (Phi) is 8.97. The van der Waals surface area contributed by atoms with Crippen LogP contribution in [-0.4, -0.2) is 54.6 Å². The van der Waals surface area contributed by atoms with Gasteiger partial charge in [-0.3, -0.25) is 14.9 Å². The van der Waals surface area contributed by atoms with E-state index in [1.54, 1.807) is 18.2 Å². The summed E-state index contributed by atoms with van der Waals surface area (Å²) < 4.78 is 5.71. The van der Waals surface area contributed by atoms with Gasteiger partial charge in [-0.1, -0.05) is 37.6 Å². The maximum absolute atomic E-state index is 12.8. The first-order chi connectivity index (χ1) is 18.3. The monoisotopic (exact) mass is 530 g/mol. The van der Waals surface area contributed by atoms with Crippen molar-refractivity contribution < 1.29 is 14.3 Å². The molecule has 1 fully saturated rings. The van der Waals surface area contributed by atoms with Gasteiger partial charge in [0.05, 0.1) is 6.61 Å². The highest BCUT2D eigenvalue weighted by atomic mass is 32.1. The zero-order valence-electron chi connectivity index (χ0n) is 22.1. The predicted octanol–water partition coefficient (Wildman–Crippen LogP) is 5.12. The number of nitrogens with one attached hydrogen (secondary N) is 2. The van der Waals surface area contributed by atoms with Gasteiger partial charge in [-0.25, -0.2) is 0 Å². The van der Waals surface area contributed by atoms with Crippen LogP contribution in [0.4, 0.5) is 11.4 Å². The van der Waals surface area contributed by atoms with Crippen LogP contribution >= 0.6 is 12.2 Å². The van der Waals surface area contributed by atoms with Crippen molar-refractivity contribution in [3.63, 3.8) is 0 Å². The summed E-state index contributed by atoms with van der Waals surface area (Å²) in [4.78, 5) is 29.6. The van der Waals surface area contributed by atoms with Gasteiger partial charge in [-0.15, -0.1) is 0 Å². The van der Waals surface area contributed by atoms with Crippen LogP contribution in [0.2, 0.25) is 0 Å². The second-order valence-corrected chi connectivity index (χ2v) is 10.2. The highest BCUT2D eigenvalue weighted by molar-refractivity contribution is 7.80. The molecule has 4 rings (SSSR count). The average molecular weight is 531 g/mol. The Morgan fingerprint density at radius 2 is 1.61 bits per heavy atom. The van der Waals surface area contributed by atoms with Gasteiger partial charge in [-0.2, -0.15) is 0 Å². The quantitative estimate of drug-likeness (QED) is 0.413. The van der Waals surface area contributed by atoms with E-state index in [0.717, 1.165) is 35.6 Å². The smallest absolute Gasteiger partial charge is 0.257 e. The maximum Gasteiger partial charge on any atom is 0.257 e. The molecule has 0 aromatic heterocycles. The molecule has 7 nitrogen and oxygen atoms in total. The van der Waals surface area contributed by atoms with Crippen molar-refractivity contribution in [3.8, 4) is 5.75 Å². The molecule has 0 spiro atoms. The van der Waals surface area contributed by atoms with E-state index in [9.17, 15) is 9.59 Å². The number of thiocarbonyl (C=S) groups is 1. The summed E-state index contributed by atoms with van der Waals surface area (Å²) >= 11 is 5.35. The Morgan fingerprint density at radius 3 is 2.26 bits per heavy atom. The van der Waals surface area contributed by atoms with Crippen molar-refractivity contribution in [2.24, 2.45) is 5.92 Å². The maximum atomic E-state index is 12.8. The number of hydrogen-bond donors (Lipinski definition) is 2. The minimum Gasteiger partial charge on any atom is -0.493 e. The molecule has 0 atom stereocenters. The number of carbonyl (C=O) groups excluding carboxylic acids is 2. The van der Waals surface area contributed by atoms with Gasteiger partial charge in [-0.05, 0) is 79.7 Å². The van der Waals surface area contributed by atoms with Crippen molar-refractivity contribution in [2.75, 3.05) is 43.0 Å². The van der Waals surface area contributed by atoms with E-state index < -0.39 is 0 Å². The molecule has 1 saturated heterocycles. The molecule has 2 N–H and O–H groups in total. The minimum absolute atomic E-state index is 0.0783. The molecule has 0 aliphatic carbocycles. The molecular formula is C30H34N4O3S. The van der Waals surface area contributed by atoms with Crippen molar-refractivity contribution >= 4 is 40.5 Å². The predicted molar refractivity (Wildman–Crippen MR) is 156 cm³/mol. The van der Waals surface area contributed by atoms with Gasteiger partial charge < -0.3 is 19.9 Å². The number of ether oxygens (including phenoxy) is 1. The van der Waals surface area contributed by atoms with E-state index in [4.69, 9.17) is 17.0 Å². The summed E-state index contributed by atoms with van der Waals surface area (Å²) in [6, 6.07) is 22.7. The number of anilines is 2. The Balaban J connectivity index is 1.26. The van der Waals surface area contributed by atoms with Crippen molar-refractivity contribution in [2.45, 2.75) is 20.8 Å². The molecule has 0 unspecified atom stereocenters. The number of nitrogens with zero attached hydrogens (tertiary/aromatic N) is 2. The van der Waals surface area contributed by atoms with Crippen LogP contribution in [0.15, 0.2) is 72.8 Å². The molecule has 1 aliphatic rings. The fourth-order valence-corrected chi connectivity index (χ4v) is 4.34. The van der Waals surface area contributed by atoms with E-state index in [1.165, 1.54) is 0 Å². The second kappa shape index (κ2) is 12.6. The number of aryl methyl sites for hydroxylation is 1. The van der Waals surface area contributed by atoms with Gasteiger partial charge in [0.1, 0.15) is 5.75 Å². The van der Waals surface area contributed by atoms with E-state index >= 15 is 0 Å². The van der Waals surface area contributed by atoms with Gasteiger partial charge in [0, 0.05) is 48.7 Å². The third kappa shape index (κ3) is 7.32. The Labute approximate surface area is 229 Å². The third-order valence-electron chi connectivity index (χ3n) is 6.26. The highest BCUT2D eigenvalue weighted by Crippen LogP contribution is 2.21. The third-order valence-corrected chi connectivity index (χ3v) is 6.47. The molecule has 0 radical (unpaired) electrons. The summed E-state index contributed by atoms with van der Waals surface area (Å²) in [5.41, 5.74) is 4.21. The molecule has 0 saturated carbocycles. The van der Waals surface area contributed by atoms with Crippen molar-refractivity contribution in [3.05, 3.63) is 89.5 Å². The first-order valence-electron chi connectivity index (χ1n) is 12.8. The number of rotatable bonds is 7. The normalized spacial score (nSPS) is 13.3. The molecule has 0 bridgehead atoms. The van der Waals surface area contributed by atoms with E-state index in [1.807, 2.05) is 66.4 Å². The molecule has 1 heterocycles. The Hall–Kier alpha value is -3.91. The standard InChI is InChI=1S/C30H34N4O3S/c1-21(2)20-37-27-6-4-5-24(19-27)28(35)32-30(38)31-25-11-13-26(14-12-25)33-15-17-34(18-16-33)29(36)23-9-7-22(3)8-10-23/h4-14,19,21H,15-18,20H2,1-3H3,(H2,31,32,35,38). The molecule has 2 amide bonds. The van der Waals surface area contributed by atoms with Crippen LogP contribution in [0.25, 0.3) is 0 Å². The van der Waals surface area contributed by atoms with Crippen molar-refractivity contribution in [1.82, 2.24) is 10.2 Å². The molecule has 1 aliphatic heterocycles. The minimum atomic E-state index is -0.299. The van der Waals surface area contributed by atoms with E-state index in [2.05, 4.69) is 29.4 Å². The largest absolute Gasteiger partial charge is 0.493 e. The summed E-state index contributed by atoms with van der Waals surface area (Å²) in [6.45, 7) is 9.62. The Morgan fingerprint density at radius 1 is 0.921 bits per heavy atom. The lowest BCUT2D eigenvalue weighted by atomic mass is 10.1. The van der Waals surface area contributed by atoms with Crippen LogP contribution in [0.1, 0.15) is 40.1 Å². The van der Waals surface area contributed by atoms with Crippen molar-refractivity contribution in [1.29, 1.82) is 0 Å². The van der Waals surface area contributed by atoms with E-state index in [-0.39, 0.29) is 16.9 Å². The number of carbonyl (C=O) groups is 2. The zero-order chi connectivity index (χ0) is 27.1. The SMILES string of the molecule is Cc1ccc(C(=O)N2CCN(c3ccc(NC(=S)NC(=O)c4cccc(OCC(C)C)c4)cc3)CC2)cc1. The number of benzene rings is 3. The fourth-order valence-electron chi connectivity index (χ4n) is 4.13. The number of piperazine rings is 1. The molecule has 3 aromatic carbocycles. The van der Waals surface area contributed by atoms with Crippen LogP contribution in [0, 0.1) is 12.8 Å². The molecule has 8 heteroatoms. The summed E-state index contributed by atoms with van der Waals surface area (Å²) in [6.07, 6.45) is 0. The van der Waals surface area contributed by atoms with Crippen LogP contribution < -0.4 is 20.3 Å². The summed E-state index contributed by atoms with van der Waals surface area (Å²) in [5, 5.41) is 6.01.